The van der Waals surface area contributed by atoms with Crippen LogP contribution in [0.1, 0.15) is 57.4 Å². The summed E-state index contributed by atoms with van der Waals surface area (Å²) in [7, 11) is 0. The standard InChI is InChI=1S/C25H32Cl2N2O4S/c1-16(25(32)33)28-24(31)19-11-13-29(14-12-19)21(30)10-8-18-7-9-20(23(27)22(18)26)34-15-17-5-3-2-4-6-17/h7-10,16-17,19H,2-6,11-15H2,1H3,(H,28,31)(H,32,33). The summed E-state index contributed by atoms with van der Waals surface area (Å²) < 4.78 is 0. The number of likely N-dealkylation sites (tertiary alicyclic amines) is 1. The molecule has 1 aromatic rings. The number of halogens is 2. The van der Waals surface area contributed by atoms with Crippen LogP contribution >= 0.6 is 35.0 Å². The molecule has 9 heteroatoms. The van der Waals surface area contributed by atoms with E-state index in [2.05, 4.69) is 5.32 Å². The largest absolute Gasteiger partial charge is 0.480 e. The second-order valence-corrected chi connectivity index (χ2v) is 10.9. The van der Waals surface area contributed by atoms with E-state index >= 15 is 0 Å². The van der Waals surface area contributed by atoms with Crippen LogP contribution in [0.15, 0.2) is 23.1 Å². The van der Waals surface area contributed by atoms with E-state index in [1.165, 1.54) is 45.1 Å². The van der Waals surface area contributed by atoms with Crippen LogP contribution in [0.2, 0.25) is 10.0 Å². The number of amides is 2. The van der Waals surface area contributed by atoms with E-state index in [-0.39, 0.29) is 17.7 Å². The molecule has 1 aromatic carbocycles. The molecule has 186 valence electrons. The topological polar surface area (TPSA) is 86.7 Å². The molecule has 1 saturated carbocycles. The first-order chi connectivity index (χ1) is 16.3. The summed E-state index contributed by atoms with van der Waals surface area (Å²) in [5.74, 6) is -0.00227. The average Bonchev–Trinajstić information content (AvgIpc) is 2.84. The molecule has 1 aliphatic carbocycles. The first-order valence-electron chi connectivity index (χ1n) is 11.9. The van der Waals surface area contributed by atoms with E-state index in [1.807, 2.05) is 12.1 Å². The third kappa shape index (κ3) is 7.40. The number of carboxylic acid groups (broad SMARTS) is 1. The molecular formula is C25H32Cl2N2O4S. The number of hydrogen-bond acceptors (Lipinski definition) is 4. The number of nitrogens with one attached hydrogen (secondary N) is 1. The molecule has 2 N–H and O–H groups in total. The van der Waals surface area contributed by atoms with Crippen molar-refractivity contribution in [2.45, 2.75) is 62.8 Å². The molecule has 2 aliphatic rings. The molecule has 1 unspecified atom stereocenters. The molecule has 1 aliphatic heterocycles. The number of thioether (sulfide) groups is 1. The first kappa shape index (κ1) is 26.9. The van der Waals surface area contributed by atoms with Crippen LogP contribution in [-0.4, -0.2) is 52.7 Å². The number of nitrogens with zero attached hydrogens (tertiary/aromatic N) is 1. The summed E-state index contributed by atoms with van der Waals surface area (Å²) in [5, 5.41) is 12.4. The smallest absolute Gasteiger partial charge is 0.325 e. The monoisotopic (exact) mass is 526 g/mol. The number of hydrogen-bond donors (Lipinski definition) is 2. The van der Waals surface area contributed by atoms with Gasteiger partial charge in [0.05, 0.1) is 10.0 Å². The average molecular weight is 528 g/mol. The van der Waals surface area contributed by atoms with Crippen molar-refractivity contribution in [2.75, 3.05) is 18.8 Å². The Kier molecular flexibility index (Phi) is 10.2. The van der Waals surface area contributed by atoms with Gasteiger partial charge in [0.15, 0.2) is 0 Å². The van der Waals surface area contributed by atoms with Gasteiger partial charge < -0.3 is 15.3 Å². The third-order valence-electron chi connectivity index (χ3n) is 6.59. The van der Waals surface area contributed by atoms with E-state index in [9.17, 15) is 14.4 Å². The van der Waals surface area contributed by atoms with Gasteiger partial charge in [-0.1, -0.05) is 48.5 Å². The van der Waals surface area contributed by atoms with E-state index in [0.29, 0.717) is 41.5 Å². The maximum atomic E-state index is 12.6. The number of aliphatic carboxylic acids is 1. The van der Waals surface area contributed by atoms with Crippen LogP contribution in [0.5, 0.6) is 0 Å². The minimum Gasteiger partial charge on any atom is -0.480 e. The summed E-state index contributed by atoms with van der Waals surface area (Å²) in [6.07, 6.45) is 10.7. The van der Waals surface area contributed by atoms with Gasteiger partial charge in [0.25, 0.3) is 0 Å². The predicted octanol–water partition coefficient (Wildman–Crippen LogP) is 5.51. The molecule has 6 nitrogen and oxygen atoms in total. The van der Waals surface area contributed by atoms with Crippen molar-refractivity contribution >= 4 is 58.8 Å². The fraction of sp³-hybridized carbons (Fsp3) is 0.560. The molecule has 34 heavy (non-hydrogen) atoms. The van der Waals surface area contributed by atoms with E-state index in [0.717, 1.165) is 16.6 Å². The molecule has 3 rings (SSSR count). The Morgan fingerprint density at radius 2 is 1.79 bits per heavy atom. The Bertz CT molecular complexity index is 926. The summed E-state index contributed by atoms with van der Waals surface area (Å²) in [4.78, 5) is 38.4. The number of benzene rings is 1. The van der Waals surface area contributed by atoms with Gasteiger partial charge in [-0.2, -0.15) is 0 Å². The van der Waals surface area contributed by atoms with Crippen molar-refractivity contribution < 1.29 is 19.5 Å². The summed E-state index contributed by atoms with van der Waals surface area (Å²) in [6.45, 7) is 2.31. The highest BCUT2D eigenvalue weighted by molar-refractivity contribution is 7.99. The highest BCUT2D eigenvalue weighted by Gasteiger charge is 2.28. The minimum atomic E-state index is -1.07. The SMILES string of the molecule is CC(NC(=O)C1CCN(C(=O)C=Cc2ccc(SCC3CCCCC3)c(Cl)c2Cl)CC1)C(=O)O. The molecule has 0 aromatic heterocycles. The van der Waals surface area contributed by atoms with Gasteiger partial charge in [0.1, 0.15) is 6.04 Å². The second kappa shape index (κ2) is 12.8. The highest BCUT2D eigenvalue weighted by atomic mass is 35.5. The summed E-state index contributed by atoms with van der Waals surface area (Å²) in [6, 6.07) is 2.93. The van der Waals surface area contributed by atoms with Gasteiger partial charge in [-0.3, -0.25) is 14.4 Å². The predicted molar refractivity (Wildman–Crippen MR) is 137 cm³/mol. The Labute approximate surface area is 215 Å². The molecule has 0 radical (unpaired) electrons. The zero-order chi connectivity index (χ0) is 24.7. The lowest BCUT2D eigenvalue weighted by Crippen LogP contribution is -2.46. The third-order valence-corrected chi connectivity index (χ3v) is 8.89. The number of carboxylic acids is 1. The molecule has 1 atom stereocenters. The first-order valence-corrected chi connectivity index (χ1v) is 13.6. The van der Waals surface area contributed by atoms with Gasteiger partial charge in [-0.15, -0.1) is 11.8 Å². The fourth-order valence-electron chi connectivity index (χ4n) is 4.37. The van der Waals surface area contributed by atoms with Gasteiger partial charge in [-0.25, -0.2) is 0 Å². The number of piperidine rings is 1. The molecule has 0 bridgehead atoms. The van der Waals surface area contributed by atoms with Crippen molar-refractivity contribution in [1.29, 1.82) is 0 Å². The lowest BCUT2D eigenvalue weighted by Gasteiger charge is -2.31. The molecule has 2 fully saturated rings. The van der Waals surface area contributed by atoms with Crippen molar-refractivity contribution in [3.8, 4) is 0 Å². The van der Waals surface area contributed by atoms with Crippen LogP contribution in [0.3, 0.4) is 0 Å². The quantitative estimate of drug-likeness (QED) is 0.344. The van der Waals surface area contributed by atoms with Gasteiger partial charge >= 0.3 is 5.97 Å². The zero-order valence-electron chi connectivity index (χ0n) is 19.4. The van der Waals surface area contributed by atoms with Crippen LogP contribution in [0, 0.1) is 11.8 Å². The molecular weight excluding hydrogens is 495 g/mol. The zero-order valence-corrected chi connectivity index (χ0v) is 21.7. The van der Waals surface area contributed by atoms with Crippen molar-refractivity contribution in [1.82, 2.24) is 10.2 Å². The van der Waals surface area contributed by atoms with Crippen molar-refractivity contribution in [3.05, 3.63) is 33.8 Å². The van der Waals surface area contributed by atoms with Gasteiger partial charge in [-0.05, 0) is 56.2 Å². The van der Waals surface area contributed by atoms with Crippen LogP contribution in [-0.2, 0) is 14.4 Å². The van der Waals surface area contributed by atoms with Gasteiger partial charge in [0.2, 0.25) is 11.8 Å². The molecule has 1 heterocycles. The number of rotatable bonds is 8. The maximum Gasteiger partial charge on any atom is 0.325 e. The Morgan fingerprint density at radius 1 is 1.12 bits per heavy atom. The van der Waals surface area contributed by atoms with Crippen molar-refractivity contribution in [3.63, 3.8) is 0 Å². The Balaban J connectivity index is 1.51. The highest BCUT2D eigenvalue weighted by Crippen LogP contribution is 2.38. The van der Waals surface area contributed by atoms with Crippen LogP contribution < -0.4 is 5.32 Å². The Morgan fingerprint density at radius 3 is 2.44 bits per heavy atom. The lowest BCUT2D eigenvalue weighted by molar-refractivity contribution is -0.142. The Hall–Kier alpha value is -1.70. The molecule has 0 spiro atoms. The van der Waals surface area contributed by atoms with Crippen molar-refractivity contribution in [2.24, 2.45) is 11.8 Å². The molecule has 1 saturated heterocycles. The summed E-state index contributed by atoms with van der Waals surface area (Å²) >= 11 is 14.8. The number of carbonyl (C=O) groups excluding carboxylic acids is 2. The maximum absolute atomic E-state index is 12.6. The van der Waals surface area contributed by atoms with E-state index in [1.54, 1.807) is 22.7 Å². The van der Waals surface area contributed by atoms with E-state index < -0.39 is 12.0 Å². The normalized spacial score (nSPS) is 18.7. The van der Waals surface area contributed by atoms with Crippen LogP contribution in [0.4, 0.5) is 0 Å². The second-order valence-electron chi connectivity index (χ2n) is 9.10. The fourth-order valence-corrected chi connectivity index (χ4v) is 6.13. The summed E-state index contributed by atoms with van der Waals surface area (Å²) in [5.41, 5.74) is 0.693. The van der Waals surface area contributed by atoms with Crippen LogP contribution in [0.25, 0.3) is 6.08 Å². The number of carbonyl (C=O) groups is 3. The van der Waals surface area contributed by atoms with E-state index in [4.69, 9.17) is 28.3 Å². The molecule has 2 amide bonds. The minimum absolute atomic E-state index is 0.152. The lowest BCUT2D eigenvalue weighted by atomic mass is 9.91. The van der Waals surface area contributed by atoms with Gasteiger partial charge in [0, 0.05) is 35.7 Å².